The fourth-order valence-electron chi connectivity index (χ4n) is 3.80. The summed E-state index contributed by atoms with van der Waals surface area (Å²) >= 11 is 0. The van der Waals surface area contributed by atoms with E-state index in [9.17, 15) is 13.2 Å². The molecular weight excluding hydrogens is 362 g/mol. The van der Waals surface area contributed by atoms with Crippen molar-refractivity contribution in [2.75, 3.05) is 11.2 Å². The van der Waals surface area contributed by atoms with Crippen LogP contribution in [0.25, 0.3) is 11.0 Å². The number of imidazole rings is 1. The lowest BCUT2D eigenvalue weighted by atomic mass is 10.1. The third-order valence-corrected chi connectivity index (χ3v) is 5.68. The number of carbonyl (C=O) groups is 1. The van der Waals surface area contributed by atoms with Crippen molar-refractivity contribution in [2.24, 2.45) is 0 Å². The Labute approximate surface area is 158 Å². The molecule has 2 heterocycles. The SMILES string of the molecule is C[C@@H]1Cc2ccccc2N1C(=O)Cn1c(CS(C)(=O)=O)nc2ccccc21. The molecule has 0 saturated heterocycles. The highest BCUT2D eigenvalue weighted by Gasteiger charge is 2.31. The molecule has 1 aliphatic rings. The van der Waals surface area contributed by atoms with E-state index in [2.05, 4.69) is 4.98 Å². The number of sulfone groups is 1. The molecular formula is C20H21N3O3S. The predicted molar refractivity (Wildman–Crippen MR) is 105 cm³/mol. The molecule has 1 atom stereocenters. The molecule has 0 unspecified atom stereocenters. The van der Waals surface area contributed by atoms with E-state index in [0.29, 0.717) is 11.3 Å². The van der Waals surface area contributed by atoms with E-state index < -0.39 is 9.84 Å². The first kappa shape index (κ1) is 17.7. The van der Waals surface area contributed by atoms with Gasteiger partial charge in [-0.2, -0.15) is 0 Å². The Hall–Kier alpha value is -2.67. The van der Waals surface area contributed by atoms with Gasteiger partial charge in [0, 0.05) is 18.0 Å². The minimum atomic E-state index is -3.27. The van der Waals surface area contributed by atoms with E-state index in [4.69, 9.17) is 0 Å². The number of para-hydroxylation sites is 3. The molecule has 1 aliphatic heterocycles. The molecule has 0 bridgehead atoms. The van der Waals surface area contributed by atoms with Gasteiger partial charge in [-0.05, 0) is 37.1 Å². The van der Waals surface area contributed by atoms with E-state index in [0.717, 1.165) is 23.2 Å². The largest absolute Gasteiger partial charge is 0.318 e. The van der Waals surface area contributed by atoms with E-state index in [1.54, 1.807) is 4.57 Å². The Morgan fingerprint density at radius 2 is 1.85 bits per heavy atom. The number of anilines is 1. The molecule has 0 radical (unpaired) electrons. The molecule has 140 valence electrons. The van der Waals surface area contributed by atoms with Gasteiger partial charge in [-0.15, -0.1) is 0 Å². The van der Waals surface area contributed by atoms with Gasteiger partial charge in [-0.1, -0.05) is 30.3 Å². The van der Waals surface area contributed by atoms with E-state index in [1.807, 2.05) is 60.4 Å². The minimum absolute atomic E-state index is 0.0596. The average molecular weight is 383 g/mol. The zero-order valence-corrected chi connectivity index (χ0v) is 16.1. The smallest absolute Gasteiger partial charge is 0.247 e. The number of fused-ring (bicyclic) bond motifs is 2. The molecule has 0 aliphatic carbocycles. The van der Waals surface area contributed by atoms with Gasteiger partial charge in [0.2, 0.25) is 5.91 Å². The van der Waals surface area contributed by atoms with Crippen LogP contribution in [0.1, 0.15) is 18.3 Å². The quantitative estimate of drug-likeness (QED) is 0.694. The second kappa shape index (κ2) is 6.49. The van der Waals surface area contributed by atoms with E-state index >= 15 is 0 Å². The maximum atomic E-state index is 13.2. The normalized spacial score (nSPS) is 16.7. The van der Waals surface area contributed by atoms with E-state index in [1.165, 1.54) is 6.26 Å². The average Bonchev–Trinajstić information content (AvgIpc) is 3.10. The van der Waals surface area contributed by atoms with Gasteiger partial charge in [0.15, 0.2) is 9.84 Å². The number of nitrogens with zero attached hydrogens (tertiary/aromatic N) is 3. The molecule has 1 aromatic heterocycles. The lowest BCUT2D eigenvalue weighted by molar-refractivity contribution is -0.119. The number of amides is 1. The van der Waals surface area contributed by atoms with Crippen molar-refractivity contribution in [1.29, 1.82) is 0 Å². The molecule has 0 saturated carbocycles. The predicted octanol–water partition coefficient (Wildman–Crippen LogP) is 2.56. The van der Waals surface area contributed by atoms with Crippen molar-refractivity contribution in [1.82, 2.24) is 9.55 Å². The summed E-state index contributed by atoms with van der Waals surface area (Å²) in [4.78, 5) is 19.4. The van der Waals surface area contributed by atoms with Crippen LogP contribution in [0.3, 0.4) is 0 Å². The summed E-state index contributed by atoms with van der Waals surface area (Å²) in [5, 5.41) is 0. The van der Waals surface area contributed by atoms with Gasteiger partial charge in [0.05, 0.1) is 11.0 Å². The van der Waals surface area contributed by atoms with Crippen LogP contribution in [0.5, 0.6) is 0 Å². The first-order valence-corrected chi connectivity index (χ1v) is 10.9. The first-order valence-electron chi connectivity index (χ1n) is 8.85. The van der Waals surface area contributed by atoms with Crippen molar-refractivity contribution in [3.05, 3.63) is 59.9 Å². The van der Waals surface area contributed by atoms with Gasteiger partial charge in [0.1, 0.15) is 18.1 Å². The van der Waals surface area contributed by atoms with Crippen LogP contribution in [-0.4, -0.2) is 36.2 Å². The standard InChI is InChI=1S/C20H21N3O3S/c1-14-11-15-7-3-5-9-17(15)23(14)20(24)12-22-18-10-6-4-8-16(18)21-19(22)13-27(2,25)26/h3-10,14H,11-13H2,1-2H3/t14-/m1/s1. The Morgan fingerprint density at radius 3 is 2.63 bits per heavy atom. The van der Waals surface area contributed by atoms with Gasteiger partial charge < -0.3 is 9.47 Å². The highest BCUT2D eigenvalue weighted by Crippen LogP contribution is 2.32. The summed E-state index contributed by atoms with van der Waals surface area (Å²) in [6.07, 6.45) is 2.00. The van der Waals surface area contributed by atoms with Crippen LogP contribution in [0.15, 0.2) is 48.5 Å². The van der Waals surface area contributed by atoms with Gasteiger partial charge in [-0.25, -0.2) is 13.4 Å². The second-order valence-electron chi connectivity index (χ2n) is 7.12. The first-order chi connectivity index (χ1) is 12.8. The number of rotatable bonds is 4. The third kappa shape index (κ3) is 3.35. The van der Waals surface area contributed by atoms with Crippen molar-refractivity contribution >= 4 is 32.5 Å². The maximum absolute atomic E-state index is 13.2. The van der Waals surface area contributed by atoms with Crippen LogP contribution in [-0.2, 0) is 33.4 Å². The number of benzene rings is 2. The Morgan fingerprint density at radius 1 is 1.15 bits per heavy atom. The second-order valence-corrected chi connectivity index (χ2v) is 9.26. The molecule has 6 nitrogen and oxygen atoms in total. The zero-order valence-electron chi connectivity index (χ0n) is 15.3. The maximum Gasteiger partial charge on any atom is 0.247 e. The summed E-state index contributed by atoms with van der Waals surface area (Å²) in [5.74, 6) is 0.138. The minimum Gasteiger partial charge on any atom is -0.318 e. The summed E-state index contributed by atoms with van der Waals surface area (Å²) in [7, 11) is -3.27. The molecule has 2 aromatic carbocycles. The molecule has 4 rings (SSSR count). The number of hydrogen-bond acceptors (Lipinski definition) is 4. The van der Waals surface area contributed by atoms with Gasteiger partial charge in [0.25, 0.3) is 0 Å². The summed E-state index contributed by atoms with van der Waals surface area (Å²) in [5.41, 5.74) is 3.55. The molecule has 0 fully saturated rings. The summed E-state index contributed by atoms with van der Waals surface area (Å²) < 4.78 is 25.4. The van der Waals surface area contributed by atoms with Crippen LogP contribution in [0, 0.1) is 0 Å². The molecule has 0 N–H and O–H groups in total. The van der Waals surface area contributed by atoms with Crippen LogP contribution in [0.4, 0.5) is 5.69 Å². The summed E-state index contributed by atoms with van der Waals surface area (Å²) in [6, 6.07) is 15.4. The molecule has 3 aromatic rings. The lowest BCUT2D eigenvalue weighted by Crippen LogP contribution is -2.38. The zero-order chi connectivity index (χ0) is 19.2. The summed E-state index contributed by atoms with van der Waals surface area (Å²) in [6.45, 7) is 2.09. The fraction of sp³-hybridized carbons (Fsp3) is 0.300. The molecule has 7 heteroatoms. The monoisotopic (exact) mass is 383 g/mol. The Balaban J connectivity index is 1.73. The number of hydrogen-bond donors (Lipinski definition) is 0. The molecule has 27 heavy (non-hydrogen) atoms. The van der Waals surface area contributed by atoms with Crippen LogP contribution >= 0.6 is 0 Å². The van der Waals surface area contributed by atoms with Crippen LogP contribution < -0.4 is 4.90 Å². The number of carbonyl (C=O) groups excluding carboxylic acids is 1. The van der Waals surface area contributed by atoms with Gasteiger partial charge >= 0.3 is 0 Å². The van der Waals surface area contributed by atoms with Crippen molar-refractivity contribution in [3.8, 4) is 0 Å². The highest BCUT2D eigenvalue weighted by atomic mass is 32.2. The van der Waals surface area contributed by atoms with Crippen molar-refractivity contribution in [3.63, 3.8) is 0 Å². The van der Waals surface area contributed by atoms with Crippen molar-refractivity contribution < 1.29 is 13.2 Å². The van der Waals surface area contributed by atoms with Crippen molar-refractivity contribution in [2.45, 2.75) is 31.7 Å². The van der Waals surface area contributed by atoms with Crippen LogP contribution in [0.2, 0.25) is 0 Å². The Bertz CT molecular complexity index is 1130. The highest BCUT2D eigenvalue weighted by molar-refractivity contribution is 7.89. The number of aromatic nitrogens is 2. The topological polar surface area (TPSA) is 72.3 Å². The molecule has 1 amide bonds. The van der Waals surface area contributed by atoms with E-state index in [-0.39, 0.29) is 24.2 Å². The fourth-order valence-corrected chi connectivity index (χ4v) is 4.49. The molecule has 0 spiro atoms. The van der Waals surface area contributed by atoms with Gasteiger partial charge in [-0.3, -0.25) is 4.79 Å². The lowest BCUT2D eigenvalue weighted by Gasteiger charge is -2.23. The third-order valence-electron chi connectivity index (χ3n) is 4.89. The Kier molecular flexibility index (Phi) is 4.26.